The Hall–Kier alpha value is -0.660. The van der Waals surface area contributed by atoms with Gasteiger partial charge in [0.2, 0.25) is 0 Å². The van der Waals surface area contributed by atoms with Crippen molar-refractivity contribution in [3.05, 3.63) is 0 Å². The Morgan fingerprint density at radius 3 is 2.75 bits per heavy atom. The summed E-state index contributed by atoms with van der Waals surface area (Å²) in [6.07, 6.45) is 2.56. The van der Waals surface area contributed by atoms with Crippen LogP contribution in [0.1, 0.15) is 20.3 Å². The molecule has 0 aliphatic carbocycles. The normalized spacial score (nSPS) is 14.2. The summed E-state index contributed by atoms with van der Waals surface area (Å²) in [6, 6.07) is 0.389. The van der Waals surface area contributed by atoms with Crippen molar-refractivity contribution in [3.63, 3.8) is 0 Å². The van der Waals surface area contributed by atoms with Gasteiger partial charge in [0, 0.05) is 6.04 Å². The molecule has 0 radical (unpaired) electrons. The van der Waals surface area contributed by atoms with Crippen molar-refractivity contribution in [1.82, 2.24) is 0 Å². The highest BCUT2D eigenvalue weighted by atomic mass is 14.9. The highest BCUT2D eigenvalue weighted by molar-refractivity contribution is 5.62. The molecule has 0 N–H and O–H groups in total. The quantitative estimate of drug-likeness (QED) is 0.390. The van der Waals surface area contributed by atoms with Crippen LogP contribution in [0.3, 0.4) is 0 Å². The number of hydrogen-bond acceptors (Lipinski definition) is 1. The third-order valence-electron chi connectivity index (χ3n) is 0.994. The average molecular weight is 112 g/mol. The van der Waals surface area contributed by atoms with Crippen LogP contribution in [0.15, 0.2) is 9.98 Å². The van der Waals surface area contributed by atoms with Gasteiger partial charge in [-0.15, -0.1) is 0 Å². The largest absolute Gasteiger partial charge is 0.271 e. The molecular formula is C6H12N2. The Labute approximate surface area is 50.4 Å². The minimum absolute atomic E-state index is 0.389. The Balaban J connectivity index is 3.35. The molecule has 2 nitrogen and oxygen atoms in total. The first-order valence-electron chi connectivity index (χ1n) is 2.78. The second-order valence-electron chi connectivity index (χ2n) is 1.70. The van der Waals surface area contributed by atoms with Crippen LogP contribution in [-0.4, -0.2) is 19.1 Å². The molecule has 1 unspecified atom stereocenters. The summed E-state index contributed by atoms with van der Waals surface area (Å²) >= 11 is 0. The van der Waals surface area contributed by atoms with E-state index in [1.165, 1.54) is 6.34 Å². The number of aliphatic imine (C=N–C) groups is 2. The number of rotatable bonds is 3. The summed E-state index contributed by atoms with van der Waals surface area (Å²) in [5.41, 5.74) is 0. The summed E-state index contributed by atoms with van der Waals surface area (Å²) < 4.78 is 0. The molecule has 0 bridgehead atoms. The van der Waals surface area contributed by atoms with Crippen LogP contribution in [0.25, 0.3) is 0 Å². The summed E-state index contributed by atoms with van der Waals surface area (Å²) in [5.74, 6) is 0. The van der Waals surface area contributed by atoms with E-state index < -0.39 is 0 Å². The number of nitrogens with zero attached hydrogens (tertiary/aromatic N) is 2. The van der Waals surface area contributed by atoms with Gasteiger partial charge in [0.15, 0.2) is 0 Å². The van der Waals surface area contributed by atoms with Crippen LogP contribution < -0.4 is 0 Å². The molecule has 2 heteroatoms. The van der Waals surface area contributed by atoms with Crippen LogP contribution in [0, 0.1) is 0 Å². The van der Waals surface area contributed by atoms with Gasteiger partial charge in [-0.2, -0.15) is 0 Å². The molecule has 0 saturated heterocycles. The molecule has 0 aliphatic heterocycles. The van der Waals surface area contributed by atoms with E-state index in [0.29, 0.717) is 6.04 Å². The topological polar surface area (TPSA) is 24.7 Å². The van der Waals surface area contributed by atoms with Gasteiger partial charge in [-0.05, 0) is 20.1 Å². The Morgan fingerprint density at radius 1 is 1.75 bits per heavy atom. The van der Waals surface area contributed by atoms with Gasteiger partial charge < -0.3 is 0 Å². The van der Waals surface area contributed by atoms with E-state index in [2.05, 4.69) is 23.6 Å². The monoisotopic (exact) mass is 112 g/mol. The van der Waals surface area contributed by atoms with Crippen molar-refractivity contribution in [3.8, 4) is 0 Å². The van der Waals surface area contributed by atoms with E-state index in [9.17, 15) is 0 Å². The summed E-state index contributed by atoms with van der Waals surface area (Å²) in [4.78, 5) is 7.49. The predicted molar refractivity (Wildman–Crippen MR) is 37.8 cm³/mol. The Morgan fingerprint density at radius 2 is 2.38 bits per heavy atom. The zero-order valence-electron chi connectivity index (χ0n) is 5.46. The van der Waals surface area contributed by atoms with Crippen molar-refractivity contribution in [1.29, 1.82) is 0 Å². The van der Waals surface area contributed by atoms with Gasteiger partial charge in [0.25, 0.3) is 0 Å². The maximum Gasteiger partial charge on any atom is 0.109 e. The minimum atomic E-state index is 0.389. The Kier molecular flexibility index (Phi) is 4.13. The van der Waals surface area contributed by atoms with Crippen molar-refractivity contribution < 1.29 is 0 Å². The minimum Gasteiger partial charge on any atom is -0.271 e. The maximum absolute atomic E-state index is 4.01. The molecule has 0 saturated carbocycles. The van der Waals surface area contributed by atoms with E-state index in [1.54, 1.807) is 0 Å². The van der Waals surface area contributed by atoms with Gasteiger partial charge in [-0.25, -0.2) is 0 Å². The fourth-order valence-corrected chi connectivity index (χ4v) is 0.266. The summed E-state index contributed by atoms with van der Waals surface area (Å²) in [6.45, 7) is 7.40. The molecule has 46 valence electrons. The zero-order chi connectivity index (χ0) is 6.41. The molecule has 0 aliphatic rings. The molecule has 0 spiro atoms. The van der Waals surface area contributed by atoms with E-state index in [4.69, 9.17) is 0 Å². The van der Waals surface area contributed by atoms with Gasteiger partial charge in [0.1, 0.15) is 6.34 Å². The van der Waals surface area contributed by atoms with Gasteiger partial charge in [0.05, 0.1) is 0 Å². The molecule has 0 aromatic carbocycles. The first kappa shape index (κ1) is 7.34. The van der Waals surface area contributed by atoms with Crippen LogP contribution >= 0.6 is 0 Å². The van der Waals surface area contributed by atoms with Crippen molar-refractivity contribution in [2.75, 3.05) is 0 Å². The lowest BCUT2D eigenvalue weighted by molar-refractivity contribution is 0.719. The van der Waals surface area contributed by atoms with E-state index >= 15 is 0 Å². The first-order chi connectivity index (χ1) is 3.81. The smallest absolute Gasteiger partial charge is 0.109 e. The highest BCUT2D eigenvalue weighted by Crippen LogP contribution is 1.91. The van der Waals surface area contributed by atoms with Gasteiger partial charge in [-0.1, -0.05) is 6.92 Å². The second-order valence-corrected chi connectivity index (χ2v) is 1.70. The van der Waals surface area contributed by atoms with Crippen molar-refractivity contribution >= 4 is 13.1 Å². The molecule has 0 amide bonds. The molecule has 1 atom stereocenters. The lowest BCUT2D eigenvalue weighted by Gasteiger charge is -1.95. The number of hydrogen-bond donors (Lipinski definition) is 0. The van der Waals surface area contributed by atoms with E-state index in [0.717, 1.165) is 6.42 Å². The maximum atomic E-state index is 4.01. The highest BCUT2D eigenvalue weighted by Gasteiger charge is 1.87. The fourth-order valence-electron chi connectivity index (χ4n) is 0.266. The standard InChI is InChI=1S/C6H12N2/c1-4-6(2)8-5-7-3/h5-6H,3-4H2,1-2H3/b8-5-. The third kappa shape index (κ3) is 3.53. The van der Waals surface area contributed by atoms with Crippen LogP contribution in [0.2, 0.25) is 0 Å². The average Bonchev–Trinajstić information content (AvgIpc) is 1.83. The fraction of sp³-hybridized carbons (Fsp3) is 0.667. The lowest BCUT2D eigenvalue weighted by atomic mass is 10.3. The molecule has 8 heavy (non-hydrogen) atoms. The Bertz CT molecular complexity index is 86.5. The third-order valence-corrected chi connectivity index (χ3v) is 0.994. The van der Waals surface area contributed by atoms with Gasteiger partial charge >= 0.3 is 0 Å². The lowest BCUT2D eigenvalue weighted by Crippen LogP contribution is -1.92. The van der Waals surface area contributed by atoms with E-state index in [1.807, 2.05) is 6.92 Å². The van der Waals surface area contributed by atoms with Crippen molar-refractivity contribution in [2.24, 2.45) is 9.98 Å². The van der Waals surface area contributed by atoms with Crippen molar-refractivity contribution in [2.45, 2.75) is 26.3 Å². The molecule has 0 aromatic heterocycles. The molecule has 0 heterocycles. The zero-order valence-corrected chi connectivity index (χ0v) is 5.46. The summed E-state index contributed by atoms with van der Waals surface area (Å²) in [7, 11) is 0. The molecule has 0 rings (SSSR count). The predicted octanol–water partition coefficient (Wildman–Crippen LogP) is 1.51. The summed E-state index contributed by atoms with van der Waals surface area (Å²) in [5, 5.41) is 0. The van der Waals surface area contributed by atoms with Crippen LogP contribution in [0.4, 0.5) is 0 Å². The molecular weight excluding hydrogens is 100 g/mol. The first-order valence-corrected chi connectivity index (χ1v) is 2.78. The SMILES string of the molecule is C=N/C=N\C(C)CC. The van der Waals surface area contributed by atoms with Gasteiger partial charge in [-0.3, -0.25) is 9.98 Å². The van der Waals surface area contributed by atoms with Crippen LogP contribution in [-0.2, 0) is 0 Å². The van der Waals surface area contributed by atoms with Crippen LogP contribution in [0.5, 0.6) is 0 Å². The van der Waals surface area contributed by atoms with E-state index in [-0.39, 0.29) is 0 Å². The second kappa shape index (κ2) is 4.50. The molecule has 0 aromatic rings. The molecule has 0 fully saturated rings.